The predicted molar refractivity (Wildman–Crippen MR) is 92.4 cm³/mol. The lowest BCUT2D eigenvalue weighted by Gasteiger charge is -2.35. The molecule has 25 heavy (non-hydrogen) atoms. The normalized spacial score (nSPS) is 20.3. The van der Waals surface area contributed by atoms with E-state index in [1.807, 2.05) is 24.3 Å². The number of rotatable bonds is 2. The molecule has 1 aliphatic carbocycles. The van der Waals surface area contributed by atoms with Crippen molar-refractivity contribution in [2.24, 2.45) is 0 Å². The minimum atomic E-state index is -0.775. The summed E-state index contributed by atoms with van der Waals surface area (Å²) < 4.78 is 39.5. The molecule has 0 radical (unpaired) electrons. The van der Waals surface area contributed by atoms with E-state index in [1.165, 1.54) is 5.56 Å². The number of ether oxygens (including phenoxy) is 2. The molecule has 0 aromatic heterocycles. The van der Waals surface area contributed by atoms with Crippen LogP contribution in [0.4, 0.5) is 8.78 Å². The van der Waals surface area contributed by atoms with Crippen molar-refractivity contribution in [1.29, 1.82) is 0 Å². The van der Waals surface area contributed by atoms with Crippen molar-refractivity contribution in [1.82, 2.24) is 0 Å². The molecular weight excluding hydrogens is 322 g/mol. The van der Waals surface area contributed by atoms with Crippen LogP contribution in [0.1, 0.15) is 42.7 Å². The van der Waals surface area contributed by atoms with Gasteiger partial charge in [-0.15, -0.1) is 0 Å². The van der Waals surface area contributed by atoms with Gasteiger partial charge in [-0.1, -0.05) is 36.4 Å². The summed E-state index contributed by atoms with van der Waals surface area (Å²) in [4.78, 5) is 0. The highest BCUT2D eigenvalue weighted by atomic mass is 19.2. The van der Waals surface area contributed by atoms with Crippen molar-refractivity contribution >= 4 is 0 Å². The zero-order valence-corrected chi connectivity index (χ0v) is 14.4. The second-order valence-electron chi connectivity index (χ2n) is 7.06. The highest BCUT2D eigenvalue weighted by Crippen LogP contribution is 2.42. The van der Waals surface area contributed by atoms with E-state index < -0.39 is 11.6 Å². The molecule has 4 rings (SSSR count). The molecular formula is C21H22F2O2. The minimum absolute atomic E-state index is 0.310. The highest BCUT2D eigenvalue weighted by Gasteiger charge is 2.40. The first-order valence-corrected chi connectivity index (χ1v) is 8.91. The fourth-order valence-electron chi connectivity index (χ4n) is 3.98. The molecule has 1 heterocycles. The number of hydrogen-bond donors (Lipinski definition) is 0. The maximum atomic E-state index is 14.2. The maximum absolute atomic E-state index is 14.2. The first kappa shape index (κ1) is 16.7. The van der Waals surface area contributed by atoms with Gasteiger partial charge in [0.1, 0.15) is 0 Å². The van der Waals surface area contributed by atoms with Gasteiger partial charge in [-0.25, -0.2) is 8.78 Å². The molecule has 2 aromatic rings. The van der Waals surface area contributed by atoms with Crippen molar-refractivity contribution < 1.29 is 18.3 Å². The zero-order valence-electron chi connectivity index (χ0n) is 14.4. The van der Waals surface area contributed by atoms with Crippen LogP contribution in [0.25, 0.3) is 11.1 Å². The summed E-state index contributed by atoms with van der Waals surface area (Å²) in [5, 5.41) is 0. The molecule has 1 spiro atoms. The second-order valence-corrected chi connectivity index (χ2v) is 7.06. The van der Waals surface area contributed by atoms with Crippen molar-refractivity contribution in [3.63, 3.8) is 0 Å². The fraction of sp³-hybridized carbons (Fsp3) is 0.429. The standard InChI is InChI=1S/C21H22F2O2/c1-14-2-7-18(20(23)19(14)22)17-5-3-15(4-6-17)16-8-10-21(11-9-16)24-12-13-25-21/h2-7,16H,8-13H2,1H3. The van der Waals surface area contributed by atoms with E-state index in [1.54, 1.807) is 19.1 Å². The average Bonchev–Trinajstić information content (AvgIpc) is 3.09. The number of aryl methyl sites for hydroxylation is 1. The molecule has 0 bridgehead atoms. The van der Waals surface area contributed by atoms with Gasteiger partial charge in [0, 0.05) is 18.4 Å². The summed E-state index contributed by atoms with van der Waals surface area (Å²) in [5.41, 5.74) is 2.58. The van der Waals surface area contributed by atoms with Crippen LogP contribution in [0.15, 0.2) is 36.4 Å². The zero-order chi connectivity index (χ0) is 17.4. The van der Waals surface area contributed by atoms with Gasteiger partial charge in [-0.2, -0.15) is 0 Å². The van der Waals surface area contributed by atoms with E-state index in [2.05, 4.69) is 0 Å². The van der Waals surface area contributed by atoms with E-state index in [9.17, 15) is 8.78 Å². The van der Waals surface area contributed by atoms with Gasteiger partial charge in [0.05, 0.1) is 13.2 Å². The van der Waals surface area contributed by atoms with Crippen LogP contribution in [0.5, 0.6) is 0 Å². The van der Waals surface area contributed by atoms with Crippen LogP contribution < -0.4 is 0 Å². The van der Waals surface area contributed by atoms with E-state index in [0.29, 0.717) is 35.8 Å². The third-order valence-electron chi connectivity index (χ3n) is 5.53. The number of benzene rings is 2. The molecule has 0 atom stereocenters. The Morgan fingerprint density at radius 3 is 2.16 bits per heavy atom. The van der Waals surface area contributed by atoms with Crippen molar-refractivity contribution in [2.75, 3.05) is 13.2 Å². The Hall–Kier alpha value is -1.78. The second kappa shape index (κ2) is 6.50. The van der Waals surface area contributed by atoms with Gasteiger partial charge in [0.2, 0.25) is 0 Å². The number of halogens is 2. The molecule has 2 aliphatic rings. The lowest BCUT2D eigenvalue weighted by molar-refractivity contribution is -0.178. The lowest BCUT2D eigenvalue weighted by Crippen LogP contribution is -2.34. The quantitative estimate of drug-likeness (QED) is 0.732. The van der Waals surface area contributed by atoms with Crippen LogP contribution in [-0.2, 0) is 9.47 Å². The Balaban J connectivity index is 1.50. The molecule has 4 heteroatoms. The molecule has 0 unspecified atom stereocenters. The summed E-state index contributed by atoms with van der Waals surface area (Å²) in [6.07, 6.45) is 3.87. The molecule has 1 saturated carbocycles. The highest BCUT2D eigenvalue weighted by molar-refractivity contribution is 5.65. The van der Waals surface area contributed by atoms with E-state index >= 15 is 0 Å². The summed E-state index contributed by atoms with van der Waals surface area (Å²) in [5.74, 6) is -1.43. The van der Waals surface area contributed by atoms with Gasteiger partial charge < -0.3 is 9.47 Å². The average molecular weight is 344 g/mol. The Labute approximate surface area is 146 Å². The Kier molecular flexibility index (Phi) is 4.34. The van der Waals surface area contributed by atoms with E-state index in [4.69, 9.17) is 9.47 Å². The van der Waals surface area contributed by atoms with E-state index in [0.717, 1.165) is 25.7 Å². The largest absolute Gasteiger partial charge is 0.348 e. The maximum Gasteiger partial charge on any atom is 0.168 e. The van der Waals surface area contributed by atoms with Gasteiger partial charge >= 0.3 is 0 Å². The summed E-state index contributed by atoms with van der Waals surface area (Å²) in [6, 6.07) is 11.1. The molecule has 2 aromatic carbocycles. The molecule has 1 saturated heterocycles. The van der Waals surface area contributed by atoms with Gasteiger partial charge in [0.25, 0.3) is 0 Å². The Morgan fingerprint density at radius 2 is 1.52 bits per heavy atom. The third kappa shape index (κ3) is 3.09. The molecule has 0 N–H and O–H groups in total. The van der Waals surface area contributed by atoms with Gasteiger partial charge in [-0.3, -0.25) is 0 Å². The molecule has 0 amide bonds. The molecule has 132 valence electrons. The first-order valence-electron chi connectivity index (χ1n) is 8.91. The van der Waals surface area contributed by atoms with Crippen LogP contribution >= 0.6 is 0 Å². The van der Waals surface area contributed by atoms with Gasteiger partial charge in [-0.05, 0) is 42.4 Å². The van der Waals surface area contributed by atoms with Crippen LogP contribution in [0, 0.1) is 18.6 Å². The van der Waals surface area contributed by atoms with Gasteiger partial charge in [0.15, 0.2) is 17.4 Å². The third-order valence-corrected chi connectivity index (χ3v) is 5.53. The first-order chi connectivity index (χ1) is 12.1. The smallest absolute Gasteiger partial charge is 0.168 e. The molecule has 1 aliphatic heterocycles. The Morgan fingerprint density at radius 1 is 0.880 bits per heavy atom. The summed E-state index contributed by atoms with van der Waals surface area (Å²) >= 11 is 0. The SMILES string of the molecule is Cc1ccc(-c2ccc(C3CCC4(CC3)OCCO4)cc2)c(F)c1F. The minimum Gasteiger partial charge on any atom is -0.348 e. The van der Waals surface area contributed by atoms with Crippen molar-refractivity contribution in [2.45, 2.75) is 44.3 Å². The number of hydrogen-bond acceptors (Lipinski definition) is 2. The topological polar surface area (TPSA) is 18.5 Å². The van der Waals surface area contributed by atoms with Crippen LogP contribution in [-0.4, -0.2) is 19.0 Å². The molecule has 2 fully saturated rings. The monoisotopic (exact) mass is 344 g/mol. The fourth-order valence-corrected chi connectivity index (χ4v) is 3.98. The summed E-state index contributed by atoms with van der Waals surface area (Å²) in [7, 11) is 0. The van der Waals surface area contributed by atoms with E-state index in [-0.39, 0.29) is 5.79 Å². The van der Waals surface area contributed by atoms with Crippen molar-refractivity contribution in [3.8, 4) is 11.1 Å². The predicted octanol–water partition coefficient (Wildman–Crippen LogP) is 5.34. The summed E-state index contributed by atoms with van der Waals surface area (Å²) in [6.45, 7) is 2.95. The van der Waals surface area contributed by atoms with Crippen molar-refractivity contribution in [3.05, 3.63) is 59.2 Å². The molecule has 2 nitrogen and oxygen atoms in total. The Bertz CT molecular complexity index is 754. The van der Waals surface area contributed by atoms with Crippen LogP contribution in [0.2, 0.25) is 0 Å². The lowest BCUT2D eigenvalue weighted by atomic mass is 9.80. The van der Waals surface area contributed by atoms with Crippen LogP contribution in [0.3, 0.4) is 0 Å².